The van der Waals surface area contributed by atoms with Crippen LogP contribution in [0.2, 0.25) is 0 Å². The molecule has 1 fully saturated rings. The first kappa shape index (κ1) is 16.5. The minimum Gasteiger partial charge on any atom is -0.360 e. The van der Waals surface area contributed by atoms with Crippen LogP contribution in [-0.4, -0.2) is 48.0 Å². The highest BCUT2D eigenvalue weighted by Crippen LogP contribution is 2.09. The molecule has 112 valence electrons. The van der Waals surface area contributed by atoms with Crippen LogP contribution < -0.4 is 10.6 Å². The zero-order valence-corrected chi connectivity index (χ0v) is 12.3. The molecule has 7 nitrogen and oxygen atoms in total. The Morgan fingerprint density at radius 2 is 2.35 bits per heavy atom. The van der Waals surface area contributed by atoms with Gasteiger partial charge in [-0.1, -0.05) is 5.16 Å². The first-order chi connectivity index (χ1) is 9.06. The molecule has 8 heteroatoms. The lowest BCUT2D eigenvalue weighted by molar-refractivity contribution is -0.134. The van der Waals surface area contributed by atoms with E-state index in [0.717, 1.165) is 19.4 Å². The molecule has 1 unspecified atom stereocenters. The van der Waals surface area contributed by atoms with Crippen molar-refractivity contribution in [3.63, 3.8) is 0 Å². The fraction of sp³-hybridized carbons (Fsp3) is 0.583. The van der Waals surface area contributed by atoms with E-state index >= 15 is 0 Å². The molecule has 0 spiro atoms. The number of carbonyl (C=O) groups excluding carboxylic acids is 2. The van der Waals surface area contributed by atoms with E-state index in [9.17, 15) is 9.59 Å². The third kappa shape index (κ3) is 4.21. The summed E-state index contributed by atoms with van der Waals surface area (Å²) in [5.74, 6) is 0.642. The number of hydrogen-bond acceptors (Lipinski definition) is 5. The van der Waals surface area contributed by atoms with Crippen molar-refractivity contribution in [2.75, 3.05) is 25.5 Å². The number of rotatable bonds is 4. The predicted molar refractivity (Wildman–Crippen MR) is 75.8 cm³/mol. The van der Waals surface area contributed by atoms with Crippen molar-refractivity contribution in [1.29, 1.82) is 0 Å². The molecule has 0 saturated carbocycles. The Hall–Kier alpha value is -1.60. The number of halogens is 1. The lowest BCUT2D eigenvalue weighted by atomic mass is 10.2. The van der Waals surface area contributed by atoms with E-state index in [1.807, 2.05) is 0 Å². The van der Waals surface area contributed by atoms with Crippen molar-refractivity contribution in [3.8, 4) is 0 Å². The fourth-order valence-corrected chi connectivity index (χ4v) is 2.06. The maximum Gasteiger partial charge on any atom is 0.245 e. The summed E-state index contributed by atoms with van der Waals surface area (Å²) in [4.78, 5) is 25.2. The number of hydrogen-bond donors (Lipinski definition) is 2. The van der Waals surface area contributed by atoms with Crippen LogP contribution >= 0.6 is 12.4 Å². The average molecular weight is 303 g/mol. The third-order valence-corrected chi connectivity index (χ3v) is 3.01. The summed E-state index contributed by atoms with van der Waals surface area (Å²) in [6, 6.07) is 1.46. The molecule has 2 heterocycles. The van der Waals surface area contributed by atoms with E-state index in [2.05, 4.69) is 15.8 Å². The number of likely N-dealkylation sites (N-methyl/N-ethyl adjacent to an activating group) is 1. The number of carbonyl (C=O) groups is 2. The lowest BCUT2D eigenvalue weighted by Crippen LogP contribution is -2.44. The lowest BCUT2D eigenvalue weighted by Gasteiger charge is -2.20. The molecule has 0 radical (unpaired) electrons. The van der Waals surface area contributed by atoms with E-state index < -0.39 is 0 Å². The third-order valence-electron chi connectivity index (χ3n) is 3.01. The zero-order chi connectivity index (χ0) is 13.8. The summed E-state index contributed by atoms with van der Waals surface area (Å²) in [5.41, 5.74) is 0. The molecule has 1 saturated heterocycles. The first-order valence-electron chi connectivity index (χ1n) is 6.28. The van der Waals surface area contributed by atoms with Gasteiger partial charge < -0.3 is 20.1 Å². The van der Waals surface area contributed by atoms with Crippen molar-refractivity contribution in [2.24, 2.45) is 0 Å². The SMILES string of the molecule is Cc1cc(NC(=O)CN(C)C(=O)C2CCCN2)no1.Cl. The summed E-state index contributed by atoms with van der Waals surface area (Å²) in [7, 11) is 1.62. The van der Waals surface area contributed by atoms with Gasteiger partial charge in [-0.2, -0.15) is 0 Å². The van der Waals surface area contributed by atoms with Gasteiger partial charge in [0.2, 0.25) is 11.8 Å². The topological polar surface area (TPSA) is 87.5 Å². The second-order valence-electron chi connectivity index (χ2n) is 4.71. The number of aromatic nitrogens is 1. The van der Waals surface area contributed by atoms with Crippen molar-refractivity contribution in [3.05, 3.63) is 11.8 Å². The van der Waals surface area contributed by atoms with Crippen molar-refractivity contribution < 1.29 is 14.1 Å². The Morgan fingerprint density at radius 1 is 1.60 bits per heavy atom. The molecule has 0 aromatic carbocycles. The minimum atomic E-state index is -0.290. The first-order valence-corrected chi connectivity index (χ1v) is 6.28. The Morgan fingerprint density at radius 3 is 2.90 bits per heavy atom. The number of amides is 2. The van der Waals surface area contributed by atoms with Crippen molar-refractivity contribution in [2.45, 2.75) is 25.8 Å². The molecule has 1 aromatic rings. The maximum atomic E-state index is 12.0. The second kappa shape index (κ2) is 7.25. The molecule has 1 aliphatic rings. The molecule has 20 heavy (non-hydrogen) atoms. The number of anilines is 1. The Kier molecular flexibility index (Phi) is 5.97. The molecule has 1 aromatic heterocycles. The average Bonchev–Trinajstić information content (AvgIpc) is 2.99. The minimum absolute atomic E-state index is 0. The van der Waals surface area contributed by atoms with Gasteiger partial charge in [-0.05, 0) is 26.3 Å². The smallest absolute Gasteiger partial charge is 0.245 e. The highest BCUT2D eigenvalue weighted by atomic mass is 35.5. The fourth-order valence-electron chi connectivity index (χ4n) is 2.06. The van der Waals surface area contributed by atoms with Gasteiger partial charge >= 0.3 is 0 Å². The molecule has 2 N–H and O–H groups in total. The van der Waals surface area contributed by atoms with Gasteiger partial charge in [-0.15, -0.1) is 12.4 Å². The number of aryl methyl sites for hydroxylation is 1. The van der Waals surface area contributed by atoms with Crippen LogP contribution in [0.5, 0.6) is 0 Å². The van der Waals surface area contributed by atoms with Crippen LogP contribution in [0.3, 0.4) is 0 Å². The largest absolute Gasteiger partial charge is 0.360 e. The van der Waals surface area contributed by atoms with Crippen LogP contribution in [0.4, 0.5) is 5.82 Å². The second-order valence-corrected chi connectivity index (χ2v) is 4.71. The van der Waals surface area contributed by atoms with Crippen LogP contribution in [0.1, 0.15) is 18.6 Å². The number of nitrogens with one attached hydrogen (secondary N) is 2. The van der Waals surface area contributed by atoms with Crippen molar-refractivity contribution >= 4 is 30.0 Å². The normalized spacial score (nSPS) is 17.4. The standard InChI is InChI=1S/C12H18N4O3.ClH/c1-8-6-10(15-19-8)14-11(17)7-16(2)12(18)9-4-3-5-13-9;/h6,9,13H,3-5,7H2,1-2H3,(H,14,15,17);1H. The Bertz CT molecular complexity index is 471. The van der Waals surface area contributed by atoms with Gasteiger partial charge in [-0.25, -0.2) is 0 Å². The van der Waals surface area contributed by atoms with Gasteiger partial charge in [0.15, 0.2) is 5.82 Å². The monoisotopic (exact) mass is 302 g/mol. The number of nitrogens with zero attached hydrogens (tertiary/aromatic N) is 2. The van der Waals surface area contributed by atoms with E-state index in [0.29, 0.717) is 11.6 Å². The molecule has 0 bridgehead atoms. The van der Waals surface area contributed by atoms with Gasteiger partial charge in [0.1, 0.15) is 5.76 Å². The molecule has 1 aliphatic heterocycles. The van der Waals surface area contributed by atoms with Gasteiger partial charge in [0.25, 0.3) is 0 Å². The predicted octanol–water partition coefficient (Wildman–Crippen LogP) is 0.554. The van der Waals surface area contributed by atoms with E-state index in [4.69, 9.17) is 4.52 Å². The van der Waals surface area contributed by atoms with Crippen LogP contribution in [-0.2, 0) is 9.59 Å². The highest BCUT2D eigenvalue weighted by Gasteiger charge is 2.25. The van der Waals surface area contributed by atoms with Gasteiger partial charge in [-0.3, -0.25) is 9.59 Å². The van der Waals surface area contributed by atoms with Crippen LogP contribution in [0.15, 0.2) is 10.6 Å². The Labute approximate surface area is 123 Å². The van der Waals surface area contributed by atoms with Gasteiger partial charge in [0, 0.05) is 13.1 Å². The van der Waals surface area contributed by atoms with E-state index in [-0.39, 0.29) is 36.8 Å². The summed E-state index contributed by atoms with van der Waals surface area (Å²) >= 11 is 0. The molecule has 2 amide bonds. The Balaban J connectivity index is 0.00000200. The van der Waals surface area contributed by atoms with Crippen LogP contribution in [0, 0.1) is 6.92 Å². The molecule has 1 atom stereocenters. The molecule has 0 aliphatic carbocycles. The van der Waals surface area contributed by atoms with E-state index in [1.165, 1.54) is 4.90 Å². The molecule has 2 rings (SSSR count). The van der Waals surface area contributed by atoms with E-state index in [1.54, 1.807) is 20.0 Å². The summed E-state index contributed by atoms with van der Waals surface area (Å²) in [6.07, 6.45) is 1.82. The van der Waals surface area contributed by atoms with Gasteiger partial charge in [0.05, 0.1) is 12.6 Å². The maximum absolute atomic E-state index is 12.0. The molecular formula is C12H19ClN4O3. The zero-order valence-electron chi connectivity index (χ0n) is 11.5. The highest BCUT2D eigenvalue weighted by molar-refractivity contribution is 5.94. The summed E-state index contributed by atoms with van der Waals surface area (Å²) in [5, 5.41) is 9.36. The molecular weight excluding hydrogens is 284 g/mol. The van der Waals surface area contributed by atoms with Crippen molar-refractivity contribution in [1.82, 2.24) is 15.4 Å². The quantitative estimate of drug-likeness (QED) is 0.848. The summed E-state index contributed by atoms with van der Waals surface area (Å²) in [6.45, 7) is 2.60. The van der Waals surface area contributed by atoms with Crippen LogP contribution in [0.25, 0.3) is 0 Å². The summed E-state index contributed by atoms with van der Waals surface area (Å²) < 4.78 is 4.84.